The highest BCUT2D eigenvalue weighted by Gasteiger charge is 2.21. The lowest BCUT2D eigenvalue weighted by molar-refractivity contribution is 0.662. The van der Waals surface area contributed by atoms with Crippen molar-refractivity contribution in [2.75, 3.05) is 0 Å². The minimum atomic E-state index is 0.699. The van der Waals surface area contributed by atoms with Gasteiger partial charge in [-0.1, -0.05) is 32.0 Å². The van der Waals surface area contributed by atoms with Gasteiger partial charge >= 0.3 is 0 Å². The van der Waals surface area contributed by atoms with E-state index in [9.17, 15) is 0 Å². The Morgan fingerprint density at radius 1 is 1.17 bits per heavy atom. The fourth-order valence-corrected chi connectivity index (χ4v) is 2.57. The second-order valence-electron chi connectivity index (χ2n) is 3.39. The maximum Gasteiger partial charge on any atom is 0.0110 e. The van der Waals surface area contributed by atoms with Crippen LogP contribution in [0.15, 0.2) is 29.2 Å². The Hall–Kier alpha value is -0.430. The fourth-order valence-electron chi connectivity index (χ4n) is 1.45. The predicted octanol–water partition coefficient (Wildman–Crippen LogP) is 3.37. The van der Waals surface area contributed by atoms with Gasteiger partial charge in [0.2, 0.25) is 0 Å². The van der Waals surface area contributed by atoms with Crippen molar-refractivity contribution < 1.29 is 0 Å². The van der Waals surface area contributed by atoms with Gasteiger partial charge in [-0.2, -0.15) is 0 Å². The lowest BCUT2D eigenvalue weighted by Crippen LogP contribution is -2.16. The van der Waals surface area contributed by atoms with Crippen molar-refractivity contribution in [3.8, 4) is 0 Å². The van der Waals surface area contributed by atoms with E-state index in [-0.39, 0.29) is 0 Å². The van der Waals surface area contributed by atoms with Crippen molar-refractivity contribution in [1.82, 2.24) is 0 Å². The van der Waals surface area contributed by atoms with E-state index in [0.717, 1.165) is 5.25 Å². The van der Waals surface area contributed by atoms with Crippen LogP contribution in [0, 0.1) is 12.3 Å². The summed E-state index contributed by atoms with van der Waals surface area (Å²) in [5.74, 6) is 0.699. The highest BCUT2D eigenvalue weighted by molar-refractivity contribution is 8.00. The first-order valence-electron chi connectivity index (χ1n) is 4.38. The summed E-state index contributed by atoms with van der Waals surface area (Å²) in [6, 6.07) is 8.63. The highest BCUT2D eigenvalue weighted by Crippen LogP contribution is 2.38. The lowest BCUT2D eigenvalue weighted by atomic mass is 9.98. The summed E-state index contributed by atoms with van der Waals surface area (Å²) in [5.41, 5.74) is 1.41. The Bertz CT molecular complexity index is 251. The molecule has 0 spiro atoms. The summed E-state index contributed by atoms with van der Waals surface area (Å²) >= 11 is 1.99. The van der Waals surface area contributed by atoms with Crippen LogP contribution >= 0.6 is 11.8 Å². The first-order valence-corrected chi connectivity index (χ1v) is 5.26. The molecule has 2 atom stereocenters. The zero-order chi connectivity index (χ0) is 8.55. The van der Waals surface area contributed by atoms with E-state index in [1.165, 1.54) is 10.5 Å². The van der Waals surface area contributed by atoms with Gasteiger partial charge in [0.1, 0.15) is 0 Å². The number of thioether (sulfide) groups is 1. The van der Waals surface area contributed by atoms with E-state index in [0.29, 0.717) is 5.92 Å². The number of fused-ring (bicyclic) bond motifs is 1. The van der Waals surface area contributed by atoms with Crippen LogP contribution in [0.2, 0.25) is 0 Å². The van der Waals surface area contributed by atoms with Gasteiger partial charge in [0, 0.05) is 10.1 Å². The molecular formula is C11H13S. The monoisotopic (exact) mass is 177 g/mol. The van der Waals surface area contributed by atoms with Crippen molar-refractivity contribution in [3.05, 3.63) is 36.2 Å². The molecule has 0 aromatic heterocycles. The van der Waals surface area contributed by atoms with Crippen LogP contribution < -0.4 is 0 Å². The standard InChI is InChI=1S/C11H13S/c1-8-7-10-5-3-4-6-11(10)12-9(8)2/h3-9H,1-2H3/t8-,9+/m1/s1. The molecule has 1 heteroatoms. The minimum Gasteiger partial charge on any atom is -0.122 e. The normalized spacial score (nSPS) is 28.2. The zero-order valence-corrected chi connectivity index (χ0v) is 8.27. The van der Waals surface area contributed by atoms with Crippen LogP contribution in [0.3, 0.4) is 0 Å². The van der Waals surface area contributed by atoms with Crippen LogP contribution in [0.5, 0.6) is 0 Å². The van der Waals surface area contributed by atoms with E-state index < -0.39 is 0 Å². The van der Waals surface area contributed by atoms with E-state index in [2.05, 4.69) is 44.5 Å². The van der Waals surface area contributed by atoms with Gasteiger partial charge in [0.05, 0.1) is 0 Å². The van der Waals surface area contributed by atoms with Gasteiger partial charge in [-0.05, 0) is 24.0 Å². The Labute approximate surface area is 78.4 Å². The van der Waals surface area contributed by atoms with Crippen LogP contribution in [0.1, 0.15) is 19.4 Å². The summed E-state index contributed by atoms with van der Waals surface area (Å²) in [5, 5.41) is 0.722. The third kappa shape index (κ3) is 1.38. The van der Waals surface area contributed by atoms with Gasteiger partial charge in [-0.15, -0.1) is 11.8 Å². The molecule has 12 heavy (non-hydrogen) atoms. The molecule has 0 saturated carbocycles. The summed E-state index contributed by atoms with van der Waals surface area (Å²) < 4.78 is 0. The maximum absolute atomic E-state index is 2.37. The molecule has 1 aromatic carbocycles. The Morgan fingerprint density at radius 3 is 2.75 bits per heavy atom. The molecule has 0 bridgehead atoms. The van der Waals surface area contributed by atoms with E-state index in [4.69, 9.17) is 0 Å². The van der Waals surface area contributed by atoms with Crippen LogP contribution in [-0.4, -0.2) is 5.25 Å². The molecular weight excluding hydrogens is 164 g/mol. The molecule has 0 unspecified atom stereocenters. The first kappa shape index (κ1) is 8.18. The summed E-state index contributed by atoms with van der Waals surface area (Å²) in [4.78, 5) is 1.43. The SMILES string of the molecule is C[C@@H]1[CH]c2ccccc2S[C@H]1C. The van der Waals surface area contributed by atoms with Crippen molar-refractivity contribution in [2.45, 2.75) is 24.0 Å². The fraction of sp³-hybridized carbons (Fsp3) is 0.364. The average Bonchev–Trinajstić information content (AvgIpc) is 2.07. The molecule has 0 aliphatic carbocycles. The van der Waals surface area contributed by atoms with Crippen molar-refractivity contribution in [2.24, 2.45) is 5.92 Å². The Morgan fingerprint density at radius 2 is 1.92 bits per heavy atom. The smallest absolute Gasteiger partial charge is 0.0110 e. The minimum absolute atomic E-state index is 0.699. The molecule has 0 fully saturated rings. The molecule has 0 N–H and O–H groups in total. The molecule has 0 saturated heterocycles. The van der Waals surface area contributed by atoms with Crippen molar-refractivity contribution >= 4 is 11.8 Å². The molecule has 1 aromatic rings. The summed E-state index contributed by atoms with van der Waals surface area (Å²) in [6.07, 6.45) is 2.37. The number of rotatable bonds is 0. The van der Waals surface area contributed by atoms with E-state index >= 15 is 0 Å². The average molecular weight is 177 g/mol. The predicted molar refractivity (Wildman–Crippen MR) is 54.3 cm³/mol. The van der Waals surface area contributed by atoms with Gasteiger partial charge < -0.3 is 0 Å². The highest BCUT2D eigenvalue weighted by atomic mass is 32.2. The molecule has 1 aliphatic heterocycles. The Kier molecular flexibility index (Phi) is 2.14. The van der Waals surface area contributed by atoms with E-state index in [1.807, 2.05) is 11.8 Å². The molecule has 0 nitrogen and oxygen atoms in total. The van der Waals surface area contributed by atoms with Gasteiger partial charge in [-0.3, -0.25) is 0 Å². The lowest BCUT2D eigenvalue weighted by Gasteiger charge is -2.26. The van der Waals surface area contributed by atoms with Crippen molar-refractivity contribution in [3.63, 3.8) is 0 Å². The van der Waals surface area contributed by atoms with Crippen LogP contribution in [0.4, 0.5) is 0 Å². The quantitative estimate of drug-likeness (QED) is 0.585. The molecule has 1 radical (unpaired) electrons. The molecule has 63 valence electrons. The number of benzene rings is 1. The maximum atomic E-state index is 2.37. The Balaban J connectivity index is 2.34. The number of hydrogen-bond donors (Lipinski definition) is 0. The molecule has 0 amide bonds. The van der Waals surface area contributed by atoms with Gasteiger partial charge in [0.15, 0.2) is 0 Å². The third-order valence-electron chi connectivity index (χ3n) is 2.41. The van der Waals surface area contributed by atoms with E-state index in [1.54, 1.807) is 0 Å². The largest absolute Gasteiger partial charge is 0.122 e. The third-order valence-corrected chi connectivity index (χ3v) is 3.84. The second-order valence-corrected chi connectivity index (χ2v) is 4.81. The molecule has 1 heterocycles. The first-order chi connectivity index (χ1) is 5.77. The molecule has 1 aliphatic rings. The second kappa shape index (κ2) is 3.14. The van der Waals surface area contributed by atoms with Crippen LogP contribution in [0.25, 0.3) is 0 Å². The molecule has 2 rings (SSSR count). The zero-order valence-electron chi connectivity index (χ0n) is 7.45. The topological polar surface area (TPSA) is 0 Å². The summed E-state index contributed by atoms with van der Waals surface area (Å²) in [7, 11) is 0. The van der Waals surface area contributed by atoms with Crippen molar-refractivity contribution in [1.29, 1.82) is 0 Å². The van der Waals surface area contributed by atoms with Gasteiger partial charge in [0.25, 0.3) is 0 Å². The summed E-state index contributed by atoms with van der Waals surface area (Å²) in [6.45, 7) is 4.58. The van der Waals surface area contributed by atoms with Crippen LogP contribution in [-0.2, 0) is 0 Å². The number of hydrogen-bond acceptors (Lipinski definition) is 1. The van der Waals surface area contributed by atoms with Gasteiger partial charge in [-0.25, -0.2) is 0 Å².